The Hall–Kier alpha value is -0.290. The Kier molecular flexibility index (Phi) is 7.19. The lowest BCUT2D eigenvalue weighted by atomic mass is 10.5. The van der Waals surface area contributed by atoms with E-state index >= 15 is 0 Å². The largest absolute Gasteiger partial charge is 0.453 e. The van der Waals surface area contributed by atoms with Gasteiger partial charge in [0.05, 0.1) is 7.11 Å². The molecule has 0 spiro atoms. The molecule has 0 aromatic rings. The summed E-state index contributed by atoms with van der Waals surface area (Å²) in [6.07, 6.45) is 0.322. The van der Waals surface area contributed by atoms with Crippen LogP contribution < -0.4 is 5.32 Å². The first-order valence-electron chi connectivity index (χ1n) is 3.68. The lowest BCUT2D eigenvalue weighted by molar-refractivity contribution is 0.171. The van der Waals surface area contributed by atoms with Gasteiger partial charge in [-0.1, -0.05) is 19.1 Å². The molecule has 0 unspecified atom stereocenters. The summed E-state index contributed by atoms with van der Waals surface area (Å²) in [6, 6.07) is 0. The molecular formula is C7H13NO2S2. The fourth-order valence-electron chi connectivity index (χ4n) is 0.572. The van der Waals surface area contributed by atoms with Crippen LogP contribution in [-0.4, -0.2) is 29.7 Å². The third kappa shape index (κ3) is 6.42. The van der Waals surface area contributed by atoms with Crippen molar-refractivity contribution in [1.29, 1.82) is 0 Å². The summed E-state index contributed by atoms with van der Waals surface area (Å²) in [7, 11) is 1.34. The molecule has 0 aromatic heterocycles. The van der Waals surface area contributed by atoms with E-state index in [1.165, 1.54) is 7.11 Å². The fraction of sp³-hybridized carbons (Fsp3) is 0.714. The Labute approximate surface area is 82.2 Å². The maximum absolute atomic E-state index is 10.6. The molecule has 0 aliphatic carbocycles. The van der Waals surface area contributed by atoms with Crippen LogP contribution in [0.4, 0.5) is 4.79 Å². The molecule has 0 aliphatic heterocycles. The summed E-state index contributed by atoms with van der Waals surface area (Å²) in [5.74, 6) is 0.983. The van der Waals surface area contributed by atoms with Crippen LogP contribution in [0.1, 0.15) is 13.3 Å². The number of ether oxygens (including phenoxy) is 1. The molecule has 0 saturated heterocycles. The highest BCUT2D eigenvalue weighted by Gasteiger charge is 1.99. The van der Waals surface area contributed by atoms with Crippen molar-refractivity contribution in [1.82, 2.24) is 5.32 Å². The molecule has 0 heterocycles. The van der Waals surface area contributed by atoms with E-state index in [4.69, 9.17) is 12.2 Å². The van der Waals surface area contributed by atoms with Crippen molar-refractivity contribution < 1.29 is 9.53 Å². The first-order chi connectivity index (χ1) is 5.70. The van der Waals surface area contributed by atoms with E-state index in [0.717, 1.165) is 16.4 Å². The van der Waals surface area contributed by atoms with E-state index in [1.54, 1.807) is 11.8 Å². The zero-order valence-corrected chi connectivity index (χ0v) is 8.89. The van der Waals surface area contributed by atoms with E-state index in [1.807, 2.05) is 6.92 Å². The predicted octanol–water partition coefficient (Wildman–Crippen LogP) is 1.81. The lowest BCUT2D eigenvalue weighted by Gasteiger charge is -2.03. The molecule has 0 aromatic carbocycles. The molecule has 0 fully saturated rings. The number of nitrogens with one attached hydrogen (secondary N) is 1. The second-order valence-electron chi connectivity index (χ2n) is 1.97. The Morgan fingerprint density at radius 2 is 2.33 bits per heavy atom. The van der Waals surface area contributed by atoms with Crippen molar-refractivity contribution in [3.8, 4) is 0 Å². The molecule has 0 rings (SSSR count). The van der Waals surface area contributed by atoms with Gasteiger partial charge in [0, 0.05) is 17.2 Å². The zero-order valence-electron chi connectivity index (χ0n) is 7.25. The van der Waals surface area contributed by atoms with Crippen molar-refractivity contribution in [2.75, 3.05) is 19.4 Å². The molecule has 0 bridgehead atoms. The number of thioether (sulfide) groups is 1. The highest BCUT2D eigenvalue weighted by atomic mass is 32.2. The number of rotatable bonds is 4. The highest BCUT2D eigenvalue weighted by molar-refractivity contribution is 8.23. The number of amides is 1. The van der Waals surface area contributed by atoms with E-state index in [9.17, 15) is 4.79 Å². The number of alkyl carbamates (subject to hydrolysis) is 1. The Bertz CT molecular complexity index is 161. The smallest absolute Gasteiger partial charge is 0.406 e. The van der Waals surface area contributed by atoms with E-state index in [0.29, 0.717) is 6.54 Å². The predicted molar refractivity (Wildman–Crippen MR) is 55.8 cm³/mol. The minimum atomic E-state index is -0.403. The first kappa shape index (κ1) is 11.7. The molecule has 0 saturated carbocycles. The second-order valence-corrected chi connectivity index (χ2v) is 4.08. The fourth-order valence-corrected chi connectivity index (χ4v) is 1.60. The van der Waals surface area contributed by atoms with Crippen molar-refractivity contribution in [2.45, 2.75) is 13.3 Å². The Morgan fingerprint density at radius 3 is 2.83 bits per heavy atom. The Morgan fingerprint density at radius 1 is 1.67 bits per heavy atom. The van der Waals surface area contributed by atoms with Crippen LogP contribution in [-0.2, 0) is 4.74 Å². The van der Waals surface area contributed by atoms with Gasteiger partial charge in [-0.2, -0.15) is 0 Å². The third-order valence-electron chi connectivity index (χ3n) is 1.09. The number of thiocarbonyl (C=S) groups is 1. The van der Waals surface area contributed by atoms with Crippen LogP contribution >= 0.6 is 24.0 Å². The van der Waals surface area contributed by atoms with E-state index in [-0.39, 0.29) is 0 Å². The maximum atomic E-state index is 10.6. The van der Waals surface area contributed by atoms with Crippen molar-refractivity contribution >= 4 is 34.3 Å². The molecule has 0 radical (unpaired) electrons. The van der Waals surface area contributed by atoms with Gasteiger partial charge in [-0.3, -0.25) is 0 Å². The van der Waals surface area contributed by atoms with Gasteiger partial charge in [-0.05, 0) is 5.75 Å². The van der Waals surface area contributed by atoms with E-state index in [2.05, 4.69) is 10.1 Å². The summed E-state index contributed by atoms with van der Waals surface area (Å²) in [4.78, 5) is 10.6. The molecule has 0 aliphatic rings. The van der Waals surface area contributed by atoms with Crippen LogP contribution in [0.5, 0.6) is 0 Å². The topological polar surface area (TPSA) is 38.3 Å². The summed E-state index contributed by atoms with van der Waals surface area (Å²) in [6.45, 7) is 2.60. The first-order valence-corrected chi connectivity index (χ1v) is 5.07. The average Bonchev–Trinajstić information content (AvgIpc) is 2.04. The molecule has 5 heteroatoms. The number of hydrogen-bond acceptors (Lipinski definition) is 4. The van der Waals surface area contributed by atoms with Gasteiger partial charge < -0.3 is 10.1 Å². The van der Waals surface area contributed by atoms with Crippen LogP contribution in [0.25, 0.3) is 0 Å². The molecule has 3 nitrogen and oxygen atoms in total. The van der Waals surface area contributed by atoms with Crippen molar-refractivity contribution in [3.05, 3.63) is 0 Å². The van der Waals surface area contributed by atoms with Gasteiger partial charge in [-0.25, -0.2) is 4.79 Å². The normalized spacial score (nSPS) is 9.17. The minimum Gasteiger partial charge on any atom is -0.453 e. The zero-order chi connectivity index (χ0) is 9.40. The molecule has 1 amide bonds. The van der Waals surface area contributed by atoms with Gasteiger partial charge in [-0.15, -0.1) is 11.8 Å². The SMILES string of the molecule is CCSC(=S)CCNC(=O)OC. The molecule has 0 atom stereocenters. The van der Waals surface area contributed by atoms with Gasteiger partial charge in [0.1, 0.15) is 0 Å². The van der Waals surface area contributed by atoms with Crippen molar-refractivity contribution in [2.24, 2.45) is 0 Å². The number of hydrogen-bond donors (Lipinski definition) is 1. The van der Waals surface area contributed by atoms with Gasteiger partial charge in [0.2, 0.25) is 0 Å². The van der Waals surface area contributed by atoms with Crippen LogP contribution in [0.2, 0.25) is 0 Å². The maximum Gasteiger partial charge on any atom is 0.406 e. The summed E-state index contributed by atoms with van der Waals surface area (Å²) >= 11 is 6.64. The lowest BCUT2D eigenvalue weighted by Crippen LogP contribution is -2.24. The third-order valence-corrected chi connectivity index (χ3v) is 2.46. The minimum absolute atomic E-state index is 0.403. The van der Waals surface area contributed by atoms with Crippen LogP contribution in [0.15, 0.2) is 0 Å². The average molecular weight is 207 g/mol. The van der Waals surface area contributed by atoms with Gasteiger partial charge >= 0.3 is 6.09 Å². The number of methoxy groups -OCH3 is 1. The quantitative estimate of drug-likeness (QED) is 0.714. The van der Waals surface area contributed by atoms with Crippen LogP contribution in [0, 0.1) is 0 Å². The molecule has 1 N–H and O–H groups in total. The molecule has 70 valence electrons. The van der Waals surface area contributed by atoms with Crippen molar-refractivity contribution in [3.63, 3.8) is 0 Å². The molecule has 12 heavy (non-hydrogen) atoms. The number of carbonyl (C=O) groups is 1. The summed E-state index contributed by atoms with van der Waals surface area (Å²) in [5, 5.41) is 2.56. The number of carbonyl (C=O) groups excluding carboxylic acids is 1. The standard InChI is InChI=1S/C7H13NO2S2/c1-3-12-6(11)4-5-8-7(9)10-2/h3-5H2,1-2H3,(H,8,9). The van der Waals surface area contributed by atoms with Crippen LogP contribution in [0.3, 0.4) is 0 Å². The Balaban J connectivity index is 3.30. The molecular weight excluding hydrogens is 194 g/mol. The second kappa shape index (κ2) is 7.36. The van der Waals surface area contributed by atoms with Gasteiger partial charge in [0.25, 0.3) is 0 Å². The van der Waals surface area contributed by atoms with Gasteiger partial charge in [0.15, 0.2) is 0 Å². The monoisotopic (exact) mass is 207 g/mol. The highest BCUT2D eigenvalue weighted by Crippen LogP contribution is 2.05. The van der Waals surface area contributed by atoms with E-state index < -0.39 is 6.09 Å². The summed E-state index contributed by atoms with van der Waals surface area (Å²) in [5.41, 5.74) is 0. The summed E-state index contributed by atoms with van der Waals surface area (Å²) < 4.78 is 5.32.